The summed E-state index contributed by atoms with van der Waals surface area (Å²) in [6.45, 7) is 3.71. The topological polar surface area (TPSA) is 55.1 Å². The molecule has 4 rings (SSSR count). The van der Waals surface area contributed by atoms with Gasteiger partial charge in [-0.2, -0.15) is 0 Å². The van der Waals surface area contributed by atoms with Crippen LogP contribution in [0.3, 0.4) is 0 Å². The molecule has 2 saturated carbocycles. The minimum Gasteiger partial charge on any atom is -0.360 e. The Labute approximate surface area is 157 Å². The van der Waals surface area contributed by atoms with Crippen molar-refractivity contribution in [1.82, 2.24) is 10.5 Å². The van der Waals surface area contributed by atoms with Gasteiger partial charge in [-0.05, 0) is 63.0 Å². The third-order valence-electron chi connectivity index (χ3n) is 6.08. The molecule has 0 saturated heterocycles. The van der Waals surface area contributed by atoms with Crippen molar-refractivity contribution < 1.29 is 13.7 Å². The van der Waals surface area contributed by atoms with Crippen LogP contribution in [-0.4, -0.2) is 17.1 Å². The highest BCUT2D eigenvalue weighted by molar-refractivity contribution is 6.33. The second kappa shape index (κ2) is 6.69. The van der Waals surface area contributed by atoms with E-state index in [-0.39, 0.29) is 33.8 Å². The zero-order chi connectivity index (χ0) is 18.4. The third-order valence-corrected chi connectivity index (χ3v) is 6.40. The van der Waals surface area contributed by atoms with E-state index in [9.17, 15) is 9.18 Å². The van der Waals surface area contributed by atoms with E-state index in [1.54, 1.807) is 13.0 Å². The van der Waals surface area contributed by atoms with Gasteiger partial charge in [-0.3, -0.25) is 4.79 Å². The molecule has 0 spiro atoms. The predicted octanol–water partition coefficient (Wildman–Crippen LogP) is 5.00. The fraction of sp³-hybridized carbons (Fsp3) is 0.500. The second-order valence-corrected chi connectivity index (χ2v) is 8.07. The molecule has 4 atom stereocenters. The van der Waals surface area contributed by atoms with Gasteiger partial charge in [0, 0.05) is 6.04 Å². The molecule has 2 bridgehead atoms. The molecule has 4 nitrogen and oxygen atoms in total. The van der Waals surface area contributed by atoms with Crippen LogP contribution in [0.15, 0.2) is 22.7 Å². The van der Waals surface area contributed by atoms with Crippen molar-refractivity contribution in [3.63, 3.8) is 0 Å². The first-order valence-electron chi connectivity index (χ1n) is 9.17. The molecule has 26 heavy (non-hydrogen) atoms. The van der Waals surface area contributed by atoms with E-state index in [0.29, 0.717) is 17.6 Å². The van der Waals surface area contributed by atoms with E-state index in [0.717, 1.165) is 5.92 Å². The highest BCUT2D eigenvalue weighted by Gasteiger charge is 2.42. The number of hydrogen-bond acceptors (Lipinski definition) is 3. The molecule has 2 aromatic rings. The normalized spacial score (nSPS) is 25.5. The lowest BCUT2D eigenvalue weighted by Gasteiger charge is -2.28. The number of amides is 1. The number of halogens is 2. The maximum absolute atomic E-state index is 14.3. The summed E-state index contributed by atoms with van der Waals surface area (Å²) in [4.78, 5) is 12.9. The van der Waals surface area contributed by atoms with Crippen LogP contribution in [0.25, 0.3) is 11.3 Å². The number of carbonyl (C=O) groups excluding carboxylic acids is 1. The SMILES string of the molecule is Cc1onc(-c2c(F)cccc2Cl)c1C(=O)N[C@H](C)[C@H]1C[C@@H]2CC[C@H]1C2. The Morgan fingerprint density at radius 3 is 2.85 bits per heavy atom. The Bertz CT molecular complexity index is 830. The number of aromatic nitrogens is 1. The average molecular weight is 377 g/mol. The number of nitrogens with zero attached hydrogens (tertiary/aromatic N) is 1. The maximum Gasteiger partial charge on any atom is 0.257 e. The van der Waals surface area contributed by atoms with Crippen molar-refractivity contribution in [1.29, 1.82) is 0 Å². The summed E-state index contributed by atoms with van der Waals surface area (Å²) in [6, 6.07) is 4.45. The van der Waals surface area contributed by atoms with Crippen molar-refractivity contribution in [3.05, 3.63) is 40.4 Å². The first-order chi connectivity index (χ1) is 12.5. The van der Waals surface area contributed by atoms with E-state index in [1.165, 1.54) is 37.8 Å². The largest absolute Gasteiger partial charge is 0.360 e. The summed E-state index contributed by atoms with van der Waals surface area (Å²) in [5.74, 6) is 1.58. The van der Waals surface area contributed by atoms with Crippen molar-refractivity contribution in [2.45, 2.75) is 45.6 Å². The Morgan fingerprint density at radius 2 is 2.19 bits per heavy atom. The zero-order valence-electron chi connectivity index (χ0n) is 14.9. The molecule has 138 valence electrons. The minimum absolute atomic E-state index is 0.0658. The summed E-state index contributed by atoms with van der Waals surface area (Å²) in [7, 11) is 0. The summed E-state index contributed by atoms with van der Waals surface area (Å²) >= 11 is 6.15. The molecule has 6 heteroatoms. The number of fused-ring (bicyclic) bond motifs is 2. The number of rotatable bonds is 4. The molecule has 2 aliphatic carbocycles. The van der Waals surface area contributed by atoms with Gasteiger partial charge >= 0.3 is 0 Å². The second-order valence-electron chi connectivity index (χ2n) is 7.66. The Balaban J connectivity index is 1.60. The average Bonchev–Trinajstić information content (AvgIpc) is 3.30. The molecular weight excluding hydrogens is 355 g/mol. The number of benzene rings is 1. The lowest BCUT2D eigenvalue weighted by Crippen LogP contribution is -2.40. The summed E-state index contributed by atoms with van der Waals surface area (Å²) in [5.41, 5.74) is 0.513. The van der Waals surface area contributed by atoms with Crippen molar-refractivity contribution >= 4 is 17.5 Å². The molecular formula is C20H22ClFN2O2. The van der Waals surface area contributed by atoms with Gasteiger partial charge in [-0.25, -0.2) is 4.39 Å². The summed E-state index contributed by atoms with van der Waals surface area (Å²) in [5, 5.41) is 7.21. The van der Waals surface area contributed by atoms with Crippen LogP contribution in [0.2, 0.25) is 5.02 Å². The van der Waals surface area contributed by atoms with Gasteiger partial charge in [0.05, 0.1) is 10.6 Å². The highest BCUT2D eigenvalue weighted by atomic mass is 35.5. The monoisotopic (exact) mass is 376 g/mol. The third kappa shape index (κ3) is 2.92. The van der Waals surface area contributed by atoms with Crippen molar-refractivity contribution in [2.24, 2.45) is 17.8 Å². The summed E-state index contributed by atoms with van der Waals surface area (Å²) < 4.78 is 19.5. The van der Waals surface area contributed by atoms with Gasteiger partial charge in [0.2, 0.25) is 0 Å². The molecule has 0 radical (unpaired) electrons. The molecule has 0 aliphatic heterocycles. The Hall–Kier alpha value is -1.88. The van der Waals surface area contributed by atoms with Crippen LogP contribution >= 0.6 is 11.6 Å². The van der Waals surface area contributed by atoms with Gasteiger partial charge in [0.25, 0.3) is 5.91 Å². The predicted molar refractivity (Wildman–Crippen MR) is 97.5 cm³/mol. The van der Waals surface area contributed by atoms with E-state index < -0.39 is 5.82 Å². The van der Waals surface area contributed by atoms with Crippen LogP contribution in [0.5, 0.6) is 0 Å². The molecule has 1 aromatic carbocycles. The van der Waals surface area contributed by atoms with E-state index in [2.05, 4.69) is 17.4 Å². The minimum atomic E-state index is -0.527. The fourth-order valence-corrected chi connectivity index (χ4v) is 5.08. The molecule has 2 fully saturated rings. The first-order valence-corrected chi connectivity index (χ1v) is 9.55. The molecule has 0 unspecified atom stereocenters. The number of nitrogens with one attached hydrogen (secondary N) is 1. The van der Waals surface area contributed by atoms with Gasteiger partial charge in [0.15, 0.2) is 0 Å². The lowest BCUT2D eigenvalue weighted by atomic mass is 9.84. The molecule has 1 amide bonds. The van der Waals surface area contributed by atoms with E-state index in [1.807, 2.05) is 0 Å². The van der Waals surface area contributed by atoms with Crippen molar-refractivity contribution in [3.8, 4) is 11.3 Å². The van der Waals surface area contributed by atoms with Gasteiger partial charge < -0.3 is 9.84 Å². The van der Waals surface area contributed by atoms with Crippen LogP contribution in [0.4, 0.5) is 4.39 Å². The van der Waals surface area contributed by atoms with Crippen molar-refractivity contribution in [2.75, 3.05) is 0 Å². The summed E-state index contributed by atoms with van der Waals surface area (Å²) in [6.07, 6.45) is 5.05. The first kappa shape index (κ1) is 17.5. The molecule has 2 aliphatic rings. The zero-order valence-corrected chi connectivity index (χ0v) is 15.6. The van der Waals surface area contributed by atoms with E-state index in [4.69, 9.17) is 16.1 Å². The van der Waals surface area contributed by atoms with Crippen LogP contribution < -0.4 is 5.32 Å². The molecule has 1 N–H and O–H groups in total. The maximum atomic E-state index is 14.3. The number of aryl methyl sites for hydroxylation is 1. The smallest absolute Gasteiger partial charge is 0.257 e. The van der Waals surface area contributed by atoms with Crippen LogP contribution in [0.1, 0.15) is 48.7 Å². The van der Waals surface area contributed by atoms with Crippen LogP contribution in [-0.2, 0) is 0 Å². The quantitative estimate of drug-likeness (QED) is 0.817. The van der Waals surface area contributed by atoms with Gasteiger partial charge in [-0.1, -0.05) is 29.2 Å². The lowest BCUT2D eigenvalue weighted by molar-refractivity contribution is 0.0914. The standard InChI is InChI=1S/C20H22ClFN2O2/c1-10(14-9-12-6-7-13(14)8-12)23-20(25)17-11(2)26-24-19(17)18-15(21)4-3-5-16(18)22/h3-5,10,12-14H,6-9H2,1-2H3,(H,23,25)/t10-,12-,13+,14-/m1/s1. The van der Waals surface area contributed by atoms with E-state index >= 15 is 0 Å². The molecule has 1 aromatic heterocycles. The fourth-order valence-electron chi connectivity index (χ4n) is 4.83. The number of hydrogen-bond donors (Lipinski definition) is 1. The van der Waals surface area contributed by atoms with Crippen LogP contribution in [0, 0.1) is 30.5 Å². The Kier molecular flexibility index (Phi) is 4.51. The number of carbonyl (C=O) groups is 1. The van der Waals surface area contributed by atoms with Gasteiger partial charge in [0.1, 0.15) is 22.8 Å². The Morgan fingerprint density at radius 1 is 1.38 bits per heavy atom. The molecule has 1 heterocycles. The van der Waals surface area contributed by atoms with Gasteiger partial charge in [-0.15, -0.1) is 0 Å². The highest BCUT2D eigenvalue weighted by Crippen LogP contribution is 2.49.